The van der Waals surface area contributed by atoms with E-state index < -0.39 is 0 Å². The molecule has 0 amide bonds. The van der Waals surface area contributed by atoms with Crippen LogP contribution in [0.4, 0.5) is 0 Å². The molecule has 1 atom stereocenters. The Kier molecular flexibility index (Phi) is 6.51. The molecule has 0 radical (unpaired) electrons. The van der Waals surface area contributed by atoms with Crippen molar-refractivity contribution in [3.63, 3.8) is 0 Å². The van der Waals surface area contributed by atoms with Crippen molar-refractivity contribution in [3.8, 4) is 0 Å². The molecule has 0 saturated carbocycles. The number of hydrogen-bond acceptors (Lipinski definition) is 1. The van der Waals surface area contributed by atoms with Gasteiger partial charge in [-0.15, -0.1) is 11.6 Å². The van der Waals surface area contributed by atoms with Crippen LogP contribution >= 0.6 is 11.6 Å². The Morgan fingerprint density at radius 2 is 2.19 bits per heavy atom. The van der Waals surface area contributed by atoms with Crippen molar-refractivity contribution in [2.24, 2.45) is 5.92 Å². The van der Waals surface area contributed by atoms with Gasteiger partial charge in [0, 0.05) is 12.4 Å². The molecule has 0 saturated heterocycles. The zero-order valence-electron chi connectivity index (χ0n) is 10.3. The number of rotatable bonds is 7. The van der Waals surface area contributed by atoms with Crippen LogP contribution < -0.4 is 5.32 Å². The molecule has 1 unspecified atom stereocenters. The maximum absolute atomic E-state index is 5.76. The van der Waals surface area contributed by atoms with E-state index in [0.29, 0.717) is 5.92 Å². The van der Waals surface area contributed by atoms with E-state index >= 15 is 0 Å². The van der Waals surface area contributed by atoms with Gasteiger partial charge in [0.2, 0.25) is 0 Å². The zero-order chi connectivity index (χ0) is 11.8. The lowest BCUT2D eigenvalue weighted by Crippen LogP contribution is -2.15. The standard InChI is InChI=1S/C14H22ClN/c1-12-5-3-7-14(9-12)11-16-8-4-6-13(2)10-15/h3,5,7,9,13,16H,4,6,8,10-11H2,1-2H3. The maximum Gasteiger partial charge on any atom is 0.0249 e. The molecule has 0 aliphatic rings. The van der Waals surface area contributed by atoms with Crippen LogP contribution in [-0.2, 0) is 6.54 Å². The Balaban J connectivity index is 2.12. The minimum absolute atomic E-state index is 0.641. The lowest BCUT2D eigenvalue weighted by atomic mass is 10.1. The van der Waals surface area contributed by atoms with Crippen molar-refractivity contribution in [3.05, 3.63) is 35.4 Å². The Hall–Kier alpha value is -0.530. The summed E-state index contributed by atoms with van der Waals surface area (Å²) < 4.78 is 0. The average Bonchev–Trinajstić information content (AvgIpc) is 2.28. The fourth-order valence-electron chi connectivity index (χ4n) is 1.71. The van der Waals surface area contributed by atoms with Crippen LogP contribution in [0.3, 0.4) is 0 Å². The number of aryl methyl sites for hydroxylation is 1. The Morgan fingerprint density at radius 1 is 1.38 bits per heavy atom. The van der Waals surface area contributed by atoms with E-state index in [-0.39, 0.29) is 0 Å². The molecule has 1 nitrogen and oxygen atoms in total. The number of benzene rings is 1. The number of hydrogen-bond donors (Lipinski definition) is 1. The van der Waals surface area contributed by atoms with Crippen molar-refractivity contribution >= 4 is 11.6 Å². The van der Waals surface area contributed by atoms with Crippen LogP contribution in [-0.4, -0.2) is 12.4 Å². The molecule has 0 spiro atoms. The molecule has 1 aromatic rings. The second-order valence-corrected chi connectivity index (χ2v) is 4.88. The Morgan fingerprint density at radius 3 is 2.88 bits per heavy atom. The van der Waals surface area contributed by atoms with Crippen LogP contribution in [0.5, 0.6) is 0 Å². The summed E-state index contributed by atoms with van der Waals surface area (Å²) in [6.45, 7) is 6.38. The second-order valence-electron chi connectivity index (χ2n) is 4.57. The van der Waals surface area contributed by atoms with Crippen molar-refractivity contribution in [1.82, 2.24) is 5.32 Å². The summed E-state index contributed by atoms with van der Waals surface area (Å²) >= 11 is 5.76. The molecule has 1 rings (SSSR count). The largest absolute Gasteiger partial charge is 0.313 e. The molecular formula is C14H22ClN. The van der Waals surface area contributed by atoms with Gasteiger partial charge in [0.1, 0.15) is 0 Å². The molecule has 1 N–H and O–H groups in total. The monoisotopic (exact) mass is 239 g/mol. The number of nitrogens with one attached hydrogen (secondary N) is 1. The first-order valence-electron chi connectivity index (χ1n) is 6.04. The van der Waals surface area contributed by atoms with Crippen molar-refractivity contribution in [1.29, 1.82) is 0 Å². The number of halogens is 1. The molecule has 0 bridgehead atoms. The summed E-state index contributed by atoms with van der Waals surface area (Å²) in [4.78, 5) is 0. The van der Waals surface area contributed by atoms with E-state index in [9.17, 15) is 0 Å². The molecule has 2 heteroatoms. The summed E-state index contributed by atoms with van der Waals surface area (Å²) in [5, 5.41) is 3.47. The summed E-state index contributed by atoms with van der Waals surface area (Å²) in [5.41, 5.74) is 2.69. The second kappa shape index (κ2) is 7.70. The van der Waals surface area contributed by atoms with Gasteiger partial charge in [-0.3, -0.25) is 0 Å². The molecule has 90 valence electrons. The summed E-state index contributed by atoms with van der Waals surface area (Å²) in [5.74, 6) is 1.42. The predicted octanol–water partition coefficient (Wildman–Crippen LogP) is 3.74. The lowest BCUT2D eigenvalue weighted by Gasteiger charge is -2.08. The molecular weight excluding hydrogens is 218 g/mol. The molecule has 0 fully saturated rings. The van der Waals surface area contributed by atoms with Gasteiger partial charge in [-0.2, -0.15) is 0 Å². The summed E-state index contributed by atoms with van der Waals surface area (Å²) in [7, 11) is 0. The first kappa shape index (κ1) is 13.5. The van der Waals surface area contributed by atoms with Crippen molar-refractivity contribution < 1.29 is 0 Å². The van der Waals surface area contributed by atoms with E-state index in [1.165, 1.54) is 24.0 Å². The van der Waals surface area contributed by atoms with Crippen molar-refractivity contribution in [2.75, 3.05) is 12.4 Å². The highest BCUT2D eigenvalue weighted by atomic mass is 35.5. The molecule has 0 aliphatic carbocycles. The van der Waals surface area contributed by atoms with Gasteiger partial charge >= 0.3 is 0 Å². The van der Waals surface area contributed by atoms with Crippen LogP contribution in [0.2, 0.25) is 0 Å². The third kappa shape index (κ3) is 5.53. The van der Waals surface area contributed by atoms with Crippen LogP contribution in [0.25, 0.3) is 0 Å². The maximum atomic E-state index is 5.76. The van der Waals surface area contributed by atoms with Gasteiger partial charge in [0.05, 0.1) is 0 Å². The van der Waals surface area contributed by atoms with Gasteiger partial charge in [-0.25, -0.2) is 0 Å². The molecule has 0 heterocycles. The van der Waals surface area contributed by atoms with Crippen molar-refractivity contribution in [2.45, 2.75) is 33.2 Å². The Bertz CT molecular complexity index is 299. The summed E-state index contributed by atoms with van der Waals surface area (Å²) in [6, 6.07) is 8.64. The summed E-state index contributed by atoms with van der Waals surface area (Å²) in [6.07, 6.45) is 2.42. The smallest absolute Gasteiger partial charge is 0.0249 e. The van der Waals surface area contributed by atoms with E-state index in [0.717, 1.165) is 19.0 Å². The first-order valence-corrected chi connectivity index (χ1v) is 6.58. The van der Waals surface area contributed by atoms with E-state index in [2.05, 4.69) is 43.4 Å². The van der Waals surface area contributed by atoms with Gasteiger partial charge in [0.25, 0.3) is 0 Å². The predicted molar refractivity (Wildman–Crippen MR) is 72.0 cm³/mol. The fourth-order valence-corrected chi connectivity index (χ4v) is 1.86. The number of alkyl halides is 1. The molecule has 0 aliphatic heterocycles. The lowest BCUT2D eigenvalue weighted by molar-refractivity contribution is 0.531. The third-order valence-corrected chi connectivity index (χ3v) is 3.25. The highest BCUT2D eigenvalue weighted by molar-refractivity contribution is 6.18. The minimum Gasteiger partial charge on any atom is -0.313 e. The van der Waals surface area contributed by atoms with Gasteiger partial charge in [-0.1, -0.05) is 36.8 Å². The molecule has 16 heavy (non-hydrogen) atoms. The minimum atomic E-state index is 0.641. The van der Waals surface area contributed by atoms with Gasteiger partial charge in [0.15, 0.2) is 0 Å². The highest BCUT2D eigenvalue weighted by Gasteiger charge is 1.99. The first-order chi connectivity index (χ1) is 7.72. The highest BCUT2D eigenvalue weighted by Crippen LogP contribution is 2.07. The van der Waals surface area contributed by atoms with E-state index in [1.807, 2.05) is 0 Å². The van der Waals surface area contributed by atoms with Crippen LogP contribution in [0.1, 0.15) is 30.9 Å². The third-order valence-electron chi connectivity index (χ3n) is 2.73. The SMILES string of the molecule is Cc1cccc(CNCCCC(C)CCl)c1. The fraction of sp³-hybridized carbons (Fsp3) is 0.571. The Labute approximate surface area is 104 Å². The normalized spacial score (nSPS) is 12.7. The topological polar surface area (TPSA) is 12.0 Å². The quantitative estimate of drug-likeness (QED) is 0.565. The van der Waals surface area contributed by atoms with E-state index in [4.69, 9.17) is 11.6 Å². The van der Waals surface area contributed by atoms with Gasteiger partial charge in [-0.05, 0) is 37.8 Å². The zero-order valence-corrected chi connectivity index (χ0v) is 11.1. The molecule has 1 aromatic carbocycles. The average molecular weight is 240 g/mol. The molecule has 0 aromatic heterocycles. The van der Waals surface area contributed by atoms with E-state index in [1.54, 1.807) is 0 Å². The van der Waals surface area contributed by atoms with Crippen LogP contribution in [0.15, 0.2) is 24.3 Å². The van der Waals surface area contributed by atoms with Gasteiger partial charge < -0.3 is 5.32 Å². The van der Waals surface area contributed by atoms with Crippen LogP contribution in [0, 0.1) is 12.8 Å².